The zero-order chi connectivity index (χ0) is 23.5. The van der Waals surface area contributed by atoms with Gasteiger partial charge >= 0.3 is 0 Å². The maximum Gasteiger partial charge on any atom is 0.260 e. The summed E-state index contributed by atoms with van der Waals surface area (Å²) < 4.78 is 27.5. The van der Waals surface area contributed by atoms with Crippen LogP contribution >= 0.6 is 11.6 Å². The summed E-state index contributed by atoms with van der Waals surface area (Å²) in [5, 5.41) is 4.41. The highest BCUT2D eigenvalue weighted by atomic mass is 35.5. The first-order chi connectivity index (χ1) is 15.1. The number of hydrazone groups is 1. The van der Waals surface area contributed by atoms with E-state index in [1.807, 2.05) is 38.1 Å². The lowest BCUT2D eigenvalue weighted by Crippen LogP contribution is -2.39. The van der Waals surface area contributed by atoms with Gasteiger partial charge in [0.1, 0.15) is 6.54 Å². The number of halogens is 1. The molecule has 0 saturated heterocycles. The normalized spacial score (nSPS) is 11.7. The smallest absolute Gasteiger partial charge is 0.260 e. The number of nitrogens with zero attached hydrogens (tertiary/aromatic N) is 3. The molecule has 0 aliphatic carbocycles. The number of sulfonamides is 1. The van der Waals surface area contributed by atoms with Crippen LogP contribution < -0.4 is 9.73 Å². The van der Waals surface area contributed by atoms with E-state index in [1.54, 1.807) is 24.4 Å². The fourth-order valence-corrected chi connectivity index (χ4v) is 4.51. The van der Waals surface area contributed by atoms with Crippen LogP contribution in [-0.2, 0) is 14.8 Å². The molecule has 0 bridgehead atoms. The zero-order valence-corrected chi connectivity index (χ0v) is 19.9. The molecule has 0 aliphatic heterocycles. The number of anilines is 1. The third-order valence-corrected chi connectivity index (χ3v) is 6.38. The van der Waals surface area contributed by atoms with Gasteiger partial charge in [-0.15, -0.1) is 0 Å². The van der Waals surface area contributed by atoms with Crippen LogP contribution in [0, 0.1) is 20.8 Å². The summed E-state index contributed by atoms with van der Waals surface area (Å²) in [6, 6.07) is 16.4. The van der Waals surface area contributed by atoms with E-state index in [1.165, 1.54) is 6.07 Å². The molecule has 1 aromatic heterocycles. The highest BCUT2D eigenvalue weighted by Crippen LogP contribution is 2.23. The lowest BCUT2D eigenvalue weighted by atomic mass is 10.2. The second kappa shape index (κ2) is 9.58. The predicted molar refractivity (Wildman–Crippen MR) is 129 cm³/mol. The van der Waals surface area contributed by atoms with E-state index >= 15 is 0 Å². The molecular formula is C23H25ClN4O3S. The summed E-state index contributed by atoms with van der Waals surface area (Å²) in [4.78, 5) is 12.4. The van der Waals surface area contributed by atoms with Gasteiger partial charge in [0.15, 0.2) is 0 Å². The molecule has 3 rings (SSSR count). The molecule has 0 saturated carbocycles. The van der Waals surface area contributed by atoms with Gasteiger partial charge in [0, 0.05) is 27.7 Å². The number of para-hydroxylation sites is 1. The number of rotatable bonds is 7. The molecule has 32 heavy (non-hydrogen) atoms. The van der Waals surface area contributed by atoms with E-state index in [2.05, 4.69) is 28.1 Å². The minimum atomic E-state index is -3.69. The quantitative estimate of drug-likeness (QED) is 0.417. The monoisotopic (exact) mass is 472 g/mol. The van der Waals surface area contributed by atoms with Gasteiger partial charge in [-0.3, -0.25) is 9.10 Å². The van der Waals surface area contributed by atoms with Gasteiger partial charge in [0.2, 0.25) is 10.0 Å². The molecule has 7 nitrogen and oxygen atoms in total. The summed E-state index contributed by atoms with van der Waals surface area (Å²) in [7, 11) is -3.69. The molecule has 1 heterocycles. The predicted octanol–water partition coefficient (Wildman–Crippen LogP) is 3.97. The van der Waals surface area contributed by atoms with Crippen LogP contribution in [0.5, 0.6) is 0 Å². The lowest BCUT2D eigenvalue weighted by molar-refractivity contribution is -0.119. The second-order valence-electron chi connectivity index (χ2n) is 7.49. The van der Waals surface area contributed by atoms with Gasteiger partial charge in [-0.2, -0.15) is 5.10 Å². The molecule has 0 aliphatic rings. The number of aromatic nitrogens is 1. The summed E-state index contributed by atoms with van der Waals surface area (Å²) in [5.41, 5.74) is 7.80. The largest absolute Gasteiger partial charge is 0.318 e. The van der Waals surface area contributed by atoms with E-state index < -0.39 is 22.5 Å². The second-order valence-corrected chi connectivity index (χ2v) is 9.83. The number of carbonyl (C=O) groups excluding carboxylic acids is 1. The first-order valence-electron chi connectivity index (χ1n) is 9.88. The van der Waals surface area contributed by atoms with Gasteiger partial charge in [0.25, 0.3) is 5.91 Å². The van der Waals surface area contributed by atoms with Crippen molar-refractivity contribution in [3.63, 3.8) is 0 Å². The van der Waals surface area contributed by atoms with Gasteiger partial charge in [-0.25, -0.2) is 13.8 Å². The molecule has 1 N–H and O–H groups in total. The fraction of sp³-hybridized carbons (Fsp3) is 0.217. The lowest BCUT2D eigenvalue weighted by Gasteiger charge is -2.21. The molecule has 0 atom stereocenters. The molecule has 3 aromatic rings. The van der Waals surface area contributed by atoms with Crippen molar-refractivity contribution in [1.29, 1.82) is 0 Å². The average molecular weight is 473 g/mol. The van der Waals surface area contributed by atoms with Gasteiger partial charge < -0.3 is 4.57 Å². The SMILES string of the molecule is Cc1ccccc1-n1c(C)cc(/C=N\NC(=O)CN(c2cccc(Cl)c2)S(C)(=O)=O)c1C. The van der Waals surface area contributed by atoms with Crippen molar-refractivity contribution >= 4 is 39.4 Å². The number of amides is 1. The maximum absolute atomic E-state index is 12.4. The van der Waals surface area contributed by atoms with E-state index in [-0.39, 0.29) is 0 Å². The third-order valence-electron chi connectivity index (χ3n) is 5.00. The van der Waals surface area contributed by atoms with E-state index in [4.69, 9.17) is 11.6 Å². The van der Waals surface area contributed by atoms with Crippen LogP contribution in [0.3, 0.4) is 0 Å². The van der Waals surface area contributed by atoms with Crippen LogP contribution in [0.1, 0.15) is 22.5 Å². The number of nitrogens with one attached hydrogen (secondary N) is 1. The summed E-state index contributed by atoms with van der Waals surface area (Å²) in [6.07, 6.45) is 2.59. The molecule has 0 spiro atoms. The van der Waals surface area contributed by atoms with Crippen LogP contribution in [0.2, 0.25) is 5.02 Å². The number of aryl methyl sites for hydroxylation is 2. The fourth-order valence-electron chi connectivity index (χ4n) is 3.47. The van der Waals surface area contributed by atoms with Gasteiger partial charge in [0.05, 0.1) is 18.2 Å². The van der Waals surface area contributed by atoms with Crippen LogP contribution in [0.15, 0.2) is 59.7 Å². The Morgan fingerprint density at radius 1 is 1.12 bits per heavy atom. The third kappa shape index (κ3) is 5.38. The number of carbonyl (C=O) groups is 1. The summed E-state index contributed by atoms with van der Waals surface area (Å²) in [6.45, 7) is 5.62. The van der Waals surface area contributed by atoms with Crippen molar-refractivity contribution in [2.45, 2.75) is 20.8 Å². The molecule has 9 heteroatoms. The van der Waals surface area contributed by atoms with E-state index in [0.29, 0.717) is 10.7 Å². The first kappa shape index (κ1) is 23.6. The summed E-state index contributed by atoms with van der Waals surface area (Å²) in [5.74, 6) is -0.570. The Balaban J connectivity index is 1.75. The molecule has 0 fully saturated rings. The van der Waals surface area contributed by atoms with E-state index in [9.17, 15) is 13.2 Å². The van der Waals surface area contributed by atoms with Crippen molar-refractivity contribution in [3.8, 4) is 5.69 Å². The Kier molecular flexibility index (Phi) is 7.06. The van der Waals surface area contributed by atoms with Crippen LogP contribution in [-0.4, -0.2) is 37.9 Å². The molecule has 1 amide bonds. The number of hydrogen-bond acceptors (Lipinski definition) is 4. The first-order valence-corrected chi connectivity index (χ1v) is 12.1. The van der Waals surface area contributed by atoms with E-state index in [0.717, 1.165) is 38.8 Å². The molecule has 0 radical (unpaired) electrons. The molecule has 2 aromatic carbocycles. The van der Waals surface area contributed by atoms with Gasteiger partial charge in [-0.05, 0) is 56.7 Å². The Hall–Kier alpha value is -3.10. The Morgan fingerprint density at radius 3 is 2.50 bits per heavy atom. The van der Waals surface area contributed by atoms with Crippen molar-refractivity contribution in [1.82, 2.24) is 9.99 Å². The zero-order valence-electron chi connectivity index (χ0n) is 18.3. The van der Waals surface area contributed by atoms with Crippen molar-refractivity contribution in [2.75, 3.05) is 17.1 Å². The van der Waals surface area contributed by atoms with Crippen LogP contribution in [0.4, 0.5) is 5.69 Å². The minimum Gasteiger partial charge on any atom is -0.318 e. The number of hydrogen-bond donors (Lipinski definition) is 1. The Labute approximate surface area is 193 Å². The Bertz CT molecular complexity index is 1280. The van der Waals surface area contributed by atoms with Crippen molar-refractivity contribution in [2.24, 2.45) is 5.10 Å². The standard InChI is InChI=1S/C23H25ClN4O3S/c1-16-8-5-6-11-22(16)28-17(2)12-19(18(28)3)14-25-26-23(29)15-27(32(4,30)31)21-10-7-9-20(24)13-21/h5-14H,15H2,1-4H3,(H,26,29)/b25-14-. The highest BCUT2D eigenvalue weighted by Gasteiger charge is 2.21. The van der Waals surface area contributed by atoms with Crippen molar-refractivity contribution in [3.05, 3.63) is 82.1 Å². The number of benzene rings is 2. The van der Waals surface area contributed by atoms with Crippen LogP contribution in [0.25, 0.3) is 5.69 Å². The topological polar surface area (TPSA) is 83.8 Å². The molecule has 168 valence electrons. The minimum absolute atomic E-state index is 0.306. The average Bonchev–Trinajstić information content (AvgIpc) is 2.99. The molecule has 0 unspecified atom stereocenters. The summed E-state index contributed by atoms with van der Waals surface area (Å²) >= 11 is 5.96. The highest BCUT2D eigenvalue weighted by molar-refractivity contribution is 7.92. The van der Waals surface area contributed by atoms with Crippen molar-refractivity contribution < 1.29 is 13.2 Å². The molecular weight excluding hydrogens is 448 g/mol. The Morgan fingerprint density at radius 2 is 1.84 bits per heavy atom. The maximum atomic E-state index is 12.4. The van der Waals surface area contributed by atoms with Gasteiger partial charge in [-0.1, -0.05) is 35.9 Å².